The molecule has 2 aromatic carbocycles. The zero-order valence-corrected chi connectivity index (χ0v) is 17.9. The number of aldehydes is 1. The van der Waals surface area contributed by atoms with Crippen LogP contribution in [0.3, 0.4) is 0 Å². The molecule has 0 fully saturated rings. The predicted octanol–water partition coefficient (Wildman–Crippen LogP) is 4.88. The summed E-state index contributed by atoms with van der Waals surface area (Å²) in [5.41, 5.74) is 3.30. The van der Waals surface area contributed by atoms with Gasteiger partial charge in [0.25, 0.3) is 0 Å². The summed E-state index contributed by atoms with van der Waals surface area (Å²) in [5, 5.41) is 0. The van der Waals surface area contributed by atoms with Crippen LogP contribution in [0.25, 0.3) is 11.0 Å². The molecule has 0 amide bonds. The van der Waals surface area contributed by atoms with Crippen molar-refractivity contribution in [2.45, 2.75) is 45.6 Å². The highest BCUT2D eigenvalue weighted by molar-refractivity contribution is 6.76. The maximum atomic E-state index is 11.4. The first-order valence-corrected chi connectivity index (χ1v) is 13.3. The molecular weight excluding hydrogens is 368 g/mol. The van der Waals surface area contributed by atoms with E-state index in [1.165, 1.54) is 0 Å². The van der Waals surface area contributed by atoms with Crippen molar-refractivity contribution in [3.8, 4) is 0 Å². The van der Waals surface area contributed by atoms with Crippen molar-refractivity contribution in [2.24, 2.45) is 0 Å². The first-order valence-electron chi connectivity index (χ1n) is 9.61. The average molecular weight is 397 g/mol. The number of carbonyl (C=O) groups excluding carboxylic acids is 1. The number of rotatable bonds is 10. The maximum Gasteiger partial charge on any atom is 0.152 e. The van der Waals surface area contributed by atoms with Crippen molar-refractivity contribution in [1.82, 2.24) is 9.55 Å². The van der Waals surface area contributed by atoms with Gasteiger partial charge in [0, 0.05) is 20.2 Å². The largest absolute Gasteiger partial charge is 0.369 e. The molecule has 0 saturated carbocycles. The Bertz CT molecular complexity index is 917. The number of benzene rings is 2. The minimum atomic E-state index is -1.14. The zero-order valence-electron chi connectivity index (χ0n) is 16.9. The molecular formula is C22H28N2O3Si. The van der Waals surface area contributed by atoms with Gasteiger partial charge in [-0.25, -0.2) is 4.98 Å². The van der Waals surface area contributed by atoms with E-state index in [9.17, 15) is 4.79 Å². The smallest absolute Gasteiger partial charge is 0.152 e. The van der Waals surface area contributed by atoms with E-state index in [-0.39, 0.29) is 0 Å². The average Bonchev–Trinajstić information content (AvgIpc) is 3.03. The first-order chi connectivity index (χ1) is 13.5. The molecule has 0 bridgehead atoms. The van der Waals surface area contributed by atoms with Crippen molar-refractivity contribution in [3.05, 3.63) is 65.5 Å². The summed E-state index contributed by atoms with van der Waals surface area (Å²) < 4.78 is 13.9. The maximum absolute atomic E-state index is 11.4. The van der Waals surface area contributed by atoms with Crippen molar-refractivity contribution in [3.63, 3.8) is 0 Å². The van der Waals surface area contributed by atoms with Gasteiger partial charge in [0.1, 0.15) is 19.2 Å². The predicted molar refractivity (Wildman–Crippen MR) is 114 cm³/mol. The second-order valence-corrected chi connectivity index (χ2v) is 13.7. The van der Waals surface area contributed by atoms with Crippen LogP contribution < -0.4 is 0 Å². The SMILES string of the molecule is C[Si](C)(C)CCOCn1c(COCc2ccccc2)nc2c(C=O)cccc21. The second-order valence-electron chi connectivity index (χ2n) is 8.12. The fraction of sp³-hybridized carbons (Fsp3) is 0.364. The Balaban J connectivity index is 1.75. The highest BCUT2D eigenvalue weighted by atomic mass is 28.3. The molecule has 3 rings (SSSR count). The molecule has 0 aliphatic rings. The van der Waals surface area contributed by atoms with Crippen LogP contribution in [0.1, 0.15) is 21.7 Å². The molecule has 5 nitrogen and oxygen atoms in total. The van der Waals surface area contributed by atoms with E-state index in [4.69, 9.17) is 9.47 Å². The molecule has 0 N–H and O–H groups in total. The van der Waals surface area contributed by atoms with Gasteiger partial charge >= 0.3 is 0 Å². The summed E-state index contributed by atoms with van der Waals surface area (Å²) in [4.78, 5) is 16.1. The van der Waals surface area contributed by atoms with Crippen molar-refractivity contribution in [1.29, 1.82) is 0 Å². The van der Waals surface area contributed by atoms with Gasteiger partial charge < -0.3 is 14.0 Å². The number of nitrogens with zero attached hydrogens (tertiary/aromatic N) is 2. The van der Waals surface area contributed by atoms with E-state index in [0.717, 1.165) is 35.8 Å². The molecule has 6 heteroatoms. The highest BCUT2D eigenvalue weighted by Crippen LogP contribution is 2.21. The van der Waals surface area contributed by atoms with Gasteiger partial charge in [0.05, 0.1) is 17.6 Å². The number of hydrogen-bond acceptors (Lipinski definition) is 4. The summed E-state index contributed by atoms with van der Waals surface area (Å²) in [6, 6.07) is 16.8. The Morgan fingerprint density at radius 3 is 2.50 bits per heavy atom. The van der Waals surface area contributed by atoms with Crippen LogP contribution in [0.4, 0.5) is 0 Å². The number of para-hydroxylation sites is 1. The summed E-state index contributed by atoms with van der Waals surface area (Å²) >= 11 is 0. The van der Waals surface area contributed by atoms with Gasteiger partial charge in [-0.15, -0.1) is 0 Å². The number of hydrogen-bond donors (Lipinski definition) is 0. The molecule has 3 aromatic rings. The molecule has 28 heavy (non-hydrogen) atoms. The zero-order chi connectivity index (χ0) is 20.0. The van der Waals surface area contributed by atoms with Crippen LogP contribution in [-0.4, -0.2) is 30.5 Å². The van der Waals surface area contributed by atoms with E-state index in [1.54, 1.807) is 6.07 Å². The summed E-state index contributed by atoms with van der Waals surface area (Å²) in [6.07, 6.45) is 0.848. The second kappa shape index (κ2) is 9.27. The van der Waals surface area contributed by atoms with Crippen molar-refractivity contribution >= 4 is 25.4 Å². The van der Waals surface area contributed by atoms with E-state index >= 15 is 0 Å². The topological polar surface area (TPSA) is 53.4 Å². The van der Waals surface area contributed by atoms with Crippen LogP contribution in [0.2, 0.25) is 25.7 Å². The summed E-state index contributed by atoms with van der Waals surface area (Å²) in [7, 11) is -1.14. The Hall–Kier alpha value is -2.28. The van der Waals surface area contributed by atoms with Crippen LogP contribution in [-0.2, 0) is 29.4 Å². The first kappa shape index (κ1) is 20.5. The van der Waals surface area contributed by atoms with Gasteiger partial charge in [0.15, 0.2) is 6.29 Å². The van der Waals surface area contributed by atoms with Gasteiger partial charge in [-0.05, 0) is 23.7 Å². The third kappa shape index (κ3) is 5.38. The van der Waals surface area contributed by atoms with Gasteiger partial charge in [-0.1, -0.05) is 56.0 Å². The monoisotopic (exact) mass is 396 g/mol. The lowest BCUT2D eigenvalue weighted by atomic mass is 10.2. The third-order valence-corrected chi connectivity index (χ3v) is 6.28. The molecule has 0 aliphatic carbocycles. The Morgan fingerprint density at radius 2 is 1.79 bits per heavy atom. The van der Waals surface area contributed by atoms with Gasteiger partial charge in [-0.3, -0.25) is 4.79 Å². The van der Waals surface area contributed by atoms with Crippen LogP contribution in [0.5, 0.6) is 0 Å². The van der Waals surface area contributed by atoms with Gasteiger partial charge in [-0.2, -0.15) is 0 Å². The van der Waals surface area contributed by atoms with E-state index in [0.29, 0.717) is 31.0 Å². The lowest BCUT2D eigenvalue weighted by molar-refractivity contribution is 0.0695. The molecule has 1 heterocycles. The van der Waals surface area contributed by atoms with Crippen molar-refractivity contribution < 1.29 is 14.3 Å². The van der Waals surface area contributed by atoms with E-state index in [2.05, 4.69) is 24.6 Å². The molecule has 148 valence electrons. The molecule has 0 spiro atoms. The molecule has 0 atom stereocenters. The fourth-order valence-corrected chi connectivity index (χ4v) is 3.69. The third-order valence-electron chi connectivity index (χ3n) is 4.58. The highest BCUT2D eigenvalue weighted by Gasteiger charge is 2.15. The molecule has 0 aliphatic heterocycles. The lowest BCUT2D eigenvalue weighted by Crippen LogP contribution is -2.22. The molecule has 0 unspecified atom stereocenters. The van der Waals surface area contributed by atoms with E-state index in [1.807, 2.05) is 47.0 Å². The number of aromatic nitrogens is 2. The lowest BCUT2D eigenvalue weighted by Gasteiger charge is -2.16. The number of ether oxygens (including phenoxy) is 2. The van der Waals surface area contributed by atoms with Gasteiger partial charge in [0.2, 0.25) is 0 Å². The number of carbonyl (C=O) groups is 1. The quantitative estimate of drug-likeness (QED) is 0.278. The van der Waals surface area contributed by atoms with E-state index < -0.39 is 8.07 Å². The minimum absolute atomic E-state index is 0.360. The Labute approximate surface area is 167 Å². The van der Waals surface area contributed by atoms with Crippen LogP contribution in [0, 0.1) is 0 Å². The Kier molecular flexibility index (Phi) is 6.77. The minimum Gasteiger partial charge on any atom is -0.369 e. The Morgan fingerprint density at radius 1 is 1.00 bits per heavy atom. The van der Waals surface area contributed by atoms with Crippen LogP contribution in [0.15, 0.2) is 48.5 Å². The summed E-state index contributed by atoms with van der Waals surface area (Å²) in [5.74, 6) is 0.772. The summed E-state index contributed by atoms with van der Waals surface area (Å²) in [6.45, 7) is 9.02. The standard InChI is InChI=1S/C22H28N2O3Si/c1-28(2,3)13-12-26-17-24-20-11-7-10-19(14-25)22(20)23-21(24)16-27-15-18-8-5-4-6-9-18/h4-11,14H,12-13,15-17H2,1-3H3. The normalized spacial score (nSPS) is 11.8. The van der Waals surface area contributed by atoms with Crippen LogP contribution >= 0.6 is 0 Å². The molecule has 0 saturated heterocycles. The number of imidazole rings is 1. The van der Waals surface area contributed by atoms with Crippen molar-refractivity contribution in [2.75, 3.05) is 6.61 Å². The fourth-order valence-electron chi connectivity index (χ4n) is 2.93. The molecule has 1 aromatic heterocycles. The molecule has 0 radical (unpaired) electrons. The number of fused-ring (bicyclic) bond motifs is 1.